The highest BCUT2D eigenvalue weighted by Gasteiger charge is 2.14. The van der Waals surface area contributed by atoms with Gasteiger partial charge in [-0.25, -0.2) is 0 Å². The second-order valence-electron chi connectivity index (χ2n) is 6.09. The predicted molar refractivity (Wildman–Crippen MR) is 83.9 cm³/mol. The third-order valence-corrected chi connectivity index (χ3v) is 4.14. The van der Waals surface area contributed by atoms with Gasteiger partial charge in [-0.1, -0.05) is 49.1 Å². The van der Waals surface area contributed by atoms with E-state index in [-0.39, 0.29) is 6.15 Å². The van der Waals surface area contributed by atoms with E-state index < -0.39 is 0 Å². The molecule has 0 saturated heterocycles. The second kappa shape index (κ2) is 10.3. The molecule has 1 aromatic carbocycles. The lowest BCUT2D eigenvalue weighted by molar-refractivity contribution is -0.191. The molecule has 21 heavy (non-hydrogen) atoms. The largest absolute Gasteiger partial charge is 0.373 e. The Morgan fingerprint density at radius 2 is 1.71 bits per heavy atom. The maximum absolute atomic E-state index is 8.12. The molecular weight excluding hydrogens is 262 g/mol. The highest BCUT2D eigenvalue weighted by atomic mass is 16.2. The first-order chi connectivity index (χ1) is 10.2. The summed E-state index contributed by atoms with van der Waals surface area (Å²) < 4.78 is 0. The van der Waals surface area contributed by atoms with Gasteiger partial charge in [0.1, 0.15) is 0 Å². The highest BCUT2D eigenvalue weighted by Crippen LogP contribution is 2.22. The van der Waals surface area contributed by atoms with Gasteiger partial charge in [0, 0.05) is 6.04 Å². The van der Waals surface area contributed by atoms with Crippen molar-refractivity contribution in [2.24, 2.45) is 5.92 Å². The van der Waals surface area contributed by atoms with Crippen molar-refractivity contribution in [3.05, 3.63) is 35.4 Å². The zero-order valence-electron chi connectivity index (χ0n) is 13.2. The van der Waals surface area contributed by atoms with Crippen LogP contribution in [0.5, 0.6) is 0 Å². The highest BCUT2D eigenvalue weighted by molar-refractivity contribution is 5.22. The number of rotatable bonds is 5. The van der Waals surface area contributed by atoms with Crippen molar-refractivity contribution in [2.75, 3.05) is 6.54 Å². The van der Waals surface area contributed by atoms with E-state index in [1.54, 1.807) is 0 Å². The minimum Gasteiger partial charge on any atom is -0.314 e. The molecule has 2 rings (SSSR count). The summed E-state index contributed by atoms with van der Waals surface area (Å²) in [6.45, 7) is 5.67. The van der Waals surface area contributed by atoms with Crippen molar-refractivity contribution in [3.8, 4) is 0 Å². The van der Waals surface area contributed by atoms with Gasteiger partial charge >= 0.3 is 6.15 Å². The summed E-state index contributed by atoms with van der Waals surface area (Å²) in [5.41, 5.74) is 2.80. The van der Waals surface area contributed by atoms with Gasteiger partial charge in [-0.15, -0.1) is 0 Å². The molecule has 1 aliphatic rings. The van der Waals surface area contributed by atoms with Gasteiger partial charge in [-0.2, -0.15) is 9.59 Å². The molecule has 0 spiro atoms. The molecule has 0 heterocycles. The Balaban J connectivity index is 0.000000677. The van der Waals surface area contributed by atoms with E-state index in [2.05, 4.69) is 43.4 Å². The summed E-state index contributed by atoms with van der Waals surface area (Å²) >= 11 is 0. The summed E-state index contributed by atoms with van der Waals surface area (Å²) in [4.78, 5) is 16.2. The smallest absolute Gasteiger partial charge is 0.314 e. The summed E-state index contributed by atoms with van der Waals surface area (Å²) in [5.74, 6) is 0.930. The summed E-state index contributed by atoms with van der Waals surface area (Å²) in [5, 5.41) is 3.72. The Hall–Kier alpha value is -1.44. The average Bonchev–Trinajstić information content (AvgIpc) is 2.49. The van der Waals surface area contributed by atoms with Crippen LogP contribution in [0.2, 0.25) is 0 Å². The number of carbonyl (C=O) groups excluding carboxylic acids is 2. The second-order valence-corrected chi connectivity index (χ2v) is 6.09. The Labute approximate surface area is 128 Å². The maximum atomic E-state index is 8.12. The normalized spacial score (nSPS) is 16.5. The molecule has 3 nitrogen and oxygen atoms in total. The van der Waals surface area contributed by atoms with Gasteiger partial charge in [0.25, 0.3) is 0 Å². The lowest BCUT2D eigenvalue weighted by Crippen LogP contribution is -2.33. The SMILES string of the molecule is Cc1ccc(CC(C)NCC2CCCCC2)cc1.O=C=O. The lowest BCUT2D eigenvalue weighted by Gasteiger charge is -2.24. The number of nitrogens with one attached hydrogen (secondary N) is 1. The molecule has 116 valence electrons. The molecular formula is C18H27NO2. The van der Waals surface area contributed by atoms with E-state index in [0.29, 0.717) is 6.04 Å². The predicted octanol–water partition coefficient (Wildman–Crippen LogP) is 3.51. The lowest BCUT2D eigenvalue weighted by atomic mass is 9.89. The molecule has 1 saturated carbocycles. The Morgan fingerprint density at radius 1 is 1.14 bits per heavy atom. The van der Waals surface area contributed by atoms with Crippen LogP contribution in [0.4, 0.5) is 0 Å². The van der Waals surface area contributed by atoms with Gasteiger partial charge in [-0.3, -0.25) is 0 Å². The zero-order valence-corrected chi connectivity index (χ0v) is 13.2. The molecule has 1 fully saturated rings. The summed E-state index contributed by atoms with van der Waals surface area (Å²) in [7, 11) is 0. The monoisotopic (exact) mass is 289 g/mol. The van der Waals surface area contributed by atoms with Crippen LogP contribution in [0.15, 0.2) is 24.3 Å². The van der Waals surface area contributed by atoms with E-state index in [0.717, 1.165) is 12.3 Å². The van der Waals surface area contributed by atoms with Crippen molar-refractivity contribution in [1.82, 2.24) is 5.32 Å². The summed E-state index contributed by atoms with van der Waals surface area (Å²) in [6.07, 6.45) is 8.61. The fourth-order valence-electron chi connectivity index (χ4n) is 2.91. The quantitative estimate of drug-likeness (QED) is 0.902. The zero-order chi connectivity index (χ0) is 15.5. The van der Waals surface area contributed by atoms with E-state index in [1.165, 1.54) is 49.8 Å². The molecule has 1 aliphatic carbocycles. The molecule has 0 aliphatic heterocycles. The van der Waals surface area contributed by atoms with Crippen LogP contribution < -0.4 is 5.32 Å². The van der Waals surface area contributed by atoms with Gasteiger partial charge < -0.3 is 5.32 Å². The molecule has 0 radical (unpaired) electrons. The van der Waals surface area contributed by atoms with Crippen molar-refractivity contribution in [2.45, 2.75) is 58.4 Å². The van der Waals surface area contributed by atoms with Gasteiger partial charge in [0.2, 0.25) is 0 Å². The molecule has 0 bridgehead atoms. The van der Waals surface area contributed by atoms with Gasteiger partial charge in [0.15, 0.2) is 0 Å². The van der Waals surface area contributed by atoms with E-state index in [1.807, 2.05) is 0 Å². The third-order valence-electron chi connectivity index (χ3n) is 4.14. The van der Waals surface area contributed by atoms with Crippen LogP contribution in [0.25, 0.3) is 0 Å². The number of hydrogen-bond donors (Lipinski definition) is 1. The van der Waals surface area contributed by atoms with Crippen LogP contribution in [0.1, 0.15) is 50.2 Å². The number of hydrogen-bond acceptors (Lipinski definition) is 3. The Morgan fingerprint density at radius 3 is 2.29 bits per heavy atom. The average molecular weight is 289 g/mol. The van der Waals surface area contributed by atoms with Crippen LogP contribution >= 0.6 is 0 Å². The molecule has 1 N–H and O–H groups in total. The van der Waals surface area contributed by atoms with Crippen LogP contribution in [0.3, 0.4) is 0 Å². The van der Waals surface area contributed by atoms with Crippen LogP contribution in [0, 0.1) is 12.8 Å². The first kappa shape index (κ1) is 17.6. The Bertz CT molecular complexity index is 415. The fourth-order valence-corrected chi connectivity index (χ4v) is 2.91. The first-order valence-electron chi connectivity index (χ1n) is 7.94. The first-order valence-corrected chi connectivity index (χ1v) is 7.94. The van der Waals surface area contributed by atoms with Gasteiger partial charge in [-0.05, 0) is 51.1 Å². The minimum absolute atomic E-state index is 0.250. The maximum Gasteiger partial charge on any atom is 0.373 e. The standard InChI is InChI=1S/C17H27N.CO2/c1-14-8-10-16(11-9-14)12-15(2)18-13-17-6-4-3-5-7-17;2-1-3/h8-11,15,17-18H,3-7,12-13H2,1-2H3;. The molecule has 1 aromatic rings. The van der Waals surface area contributed by atoms with Crippen molar-refractivity contribution < 1.29 is 9.59 Å². The van der Waals surface area contributed by atoms with Crippen LogP contribution in [-0.2, 0) is 16.0 Å². The molecule has 1 unspecified atom stereocenters. The fraction of sp³-hybridized carbons (Fsp3) is 0.611. The van der Waals surface area contributed by atoms with E-state index in [9.17, 15) is 0 Å². The number of benzene rings is 1. The van der Waals surface area contributed by atoms with Crippen molar-refractivity contribution in [3.63, 3.8) is 0 Å². The minimum atomic E-state index is 0.250. The molecule has 3 heteroatoms. The Kier molecular flexibility index (Phi) is 8.65. The van der Waals surface area contributed by atoms with Crippen molar-refractivity contribution >= 4 is 6.15 Å². The summed E-state index contributed by atoms with van der Waals surface area (Å²) in [6, 6.07) is 9.53. The van der Waals surface area contributed by atoms with Gasteiger partial charge in [0.05, 0.1) is 0 Å². The molecule has 1 atom stereocenters. The van der Waals surface area contributed by atoms with E-state index in [4.69, 9.17) is 9.59 Å². The molecule has 0 aromatic heterocycles. The number of aryl methyl sites for hydroxylation is 1. The van der Waals surface area contributed by atoms with Crippen molar-refractivity contribution in [1.29, 1.82) is 0 Å². The van der Waals surface area contributed by atoms with E-state index >= 15 is 0 Å². The molecule has 0 amide bonds. The van der Waals surface area contributed by atoms with Crippen LogP contribution in [-0.4, -0.2) is 18.7 Å². The third kappa shape index (κ3) is 7.79. The topological polar surface area (TPSA) is 46.2 Å².